The number of ether oxygens (including phenoxy) is 1. The second-order valence-electron chi connectivity index (χ2n) is 3.90. The van der Waals surface area contributed by atoms with Gasteiger partial charge in [-0.3, -0.25) is 0 Å². The number of thioether (sulfide) groups is 1. The molecule has 0 fully saturated rings. The molecule has 0 bridgehead atoms. The molecule has 1 heterocycles. The van der Waals surface area contributed by atoms with E-state index in [1.54, 1.807) is 11.8 Å². The number of hydrogen-bond acceptors (Lipinski definition) is 5. The summed E-state index contributed by atoms with van der Waals surface area (Å²) in [6, 6.07) is 11.7. The van der Waals surface area contributed by atoms with Crippen molar-refractivity contribution in [1.82, 2.24) is 15.5 Å². The molecule has 5 heteroatoms. The summed E-state index contributed by atoms with van der Waals surface area (Å²) in [7, 11) is 0. The summed E-state index contributed by atoms with van der Waals surface area (Å²) in [5, 5.41) is 11.4. The van der Waals surface area contributed by atoms with Crippen molar-refractivity contribution in [1.29, 1.82) is 0 Å². The lowest BCUT2D eigenvalue weighted by Gasteiger charge is -2.08. The summed E-state index contributed by atoms with van der Waals surface area (Å²) in [6.45, 7) is 3.70. The van der Waals surface area contributed by atoms with E-state index in [9.17, 15) is 0 Å². The molecule has 0 aliphatic carbocycles. The van der Waals surface area contributed by atoms with E-state index < -0.39 is 0 Å². The molecule has 1 aromatic heterocycles. The normalized spacial score (nSPS) is 10.4. The van der Waals surface area contributed by atoms with Gasteiger partial charge in [-0.1, -0.05) is 19.1 Å². The second-order valence-corrected chi connectivity index (χ2v) is 4.74. The number of hydrogen-bond donors (Lipinski definition) is 1. The molecule has 0 radical (unpaired) electrons. The maximum Gasteiger partial charge on any atom is 0.238 e. The highest BCUT2D eigenvalue weighted by Crippen LogP contribution is 2.30. The lowest BCUT2D eigenvalue weighted by atomic mass is 10.3. The van der Waals surface area contributed by atoms with Crippen LogP contribution in [0.15, 0.2) is 41.3 Å². The molecule has 0 saturated carbocycles. The van der Waals surface area contributed by atoms with Crippen molar-refractivity contribution in [3.05, 3.63) is 42.1 Å². The van der Waals surface area contributed by atoms with Crippen molar-refractivity contribution in [2.75, 3.05) is 12.8 Å². The van der Waals surface area contributed by atoms with Crippen LogP contribution in [-0.4, -0.2) is 23.0 Å². The minimum Gasteiger partial charge on any atom is -0.436 e. The molecule has 4 nitrogen and oxygen atoms in total. The third-order valence-electron chi connectivity index (χ3n) is 2.54. The van der Waals surface area contributed by atoms with E-state index in [-0.39, 0.29) is 0 Å². The van der Waals surface area contributed by atoms with E-state index >= 15 is 0 Å². The monoisotopic (exact) mass is 275 g/mol. The molecular weight excluding hydrogens is 258 g/mol. The van der Waals surface area contributed by atoms with Gasteiger partial charge < -0.3 is 10.1 Å². The molecule has 1 N–H and O–H groups in total. The van der Waals surface area contributed by atoms with Crippen molar-refractivity contribution in [2.45, 2.75) is 18.4 Å². The highest BCUT2D eigenvalue weighted by molar-refractivity contribution is 7.98. The zero-order chi connectivity index (χ0) is 13.5. The van der Waals surface area contributed by atoms with Crippen LogP contribution in [0, 0.1) is 0 Å². The average molecular weight is 275 g/mol. The minimum atomic E-state index is 0.516. The first-order valence-corrected chi connectivity index (χ1v) is 7.40. The Labute approximate surface area is 117 Å². The lowest BCUT2D eigenvalue weighted by molar-refractivity contribution is 0.443. The first-order chi connectivity index (χ1) is 9.33. The Kier molecular flexibility index (Phi) is 5.18. The van der Waals surface area contributed by atoms with Gasteiger partial charge in [-0.25, -0.2) is 0 Å². The quantitative estimate of drug-likeness (QED) is 0.821. The number of nitrogens with zero attached hydrogens (tertiary/aromatic N) is 2. The Bertz CT molecular complexity index is 516. The highest BCUT2D eigenvalue weighted by atomic mass is 32.2. The van der Waals surface area contributed by atoms with Crippen LogP contribution in [0.2, 0.25) is 0 Å². The second kappa shape index (κ2) is 7.11. The number of aromatic nitrogens is 2. The average Bonchev–Trinajstić information content (AvgIpc) is 2.47. The molecule has 19 heavy (non-hydrogen) atoms. The van der Waals surface area contributed by atoms with Gasteiger partial charge in [0.05, 0.1) is 5.69 Å². The Morgan fingerprint density at radius 1 is 1.16 bits per heavy atom. The van der Waals surface area contributed by atoms with Crippen LogP contribution in [0.5, 0.6) is 11.6 Å². The van der Waals surface area contributed by atoms with E-state index in [1.807, 2.05) is 42.7 Å². The third-order valence-corrected chi connectivity index (χ3v) is 3.31. The Hall–Kier alpha value is -1.59. The van der Waals surface area contributed by atoms with Gasteiger partial charge in [-0.15, -0.1) is 16.9 Å². The first kappa shape index (κ1) is 13.8. The van der Waals surface area contributed by atoms with E-state index in [0.29, 0.717) is 5.88 Å². The van der Waals surface area contributed by atoms with Gasteiger partial charge >= 0.3 is 0 Å². The highest BCUT2D eigenvalue weighted by Gasteiger charge is 2.04. The summed E-state index contributed by atoms with van der Waals surface area (Å²) >= 11 is 1.65. The molecule has 1 aromatic carbocycles. The Morgan fingerprint density at radius 2 is 2.00 bits per heavy atom. The third kappa shape index (κ3) is 3.94. The van der Waals surface area contributed by atoms with Gasteiger partial charge in [-0.05, 0) is 31.0 Å². The maximum absolute atomic E-state index is 5.74. The SMILES string of the molecule is CCNCc1ccc(Oc2ccccc2SC)nn1. The van der Waals surface area contributed by atoms with Gasteiger partial charge in [0.2, 0.25) is 5.88 Å². The summed E-state index contributed by atoms with van der Waals surface area (Å²) in [5.74, 6) is 1.32. The summed E-state index contributed by atoms with van der Waals surface area (Å²) in [6.07, 6.45) is 2.02. The van der Waals surface area contributed by atoms with Gasteiger partial charge in [0, 0.05) is 17.5 Å². The van der Waals surface area contributed by atoms with E-state index in [1.165, 1.54) is 0 Å². The van der Waals surface area contributed by atoms with Crippen molar-refractivity contribution < 1.29 is 4.74 Å². The van der Waals surface area contributed by atoms with Crippen LogP contribution < -0.4 is 10.1 Å². The standard InChI is InChI=1S/C14H17N3OS/c1-3-15-10-11-8-9-14(17-16-11)18-12-6-4-5-7-13(12)19-2/h4-9,15H,3,10H2,1-2H3. The molecule has 0 aliphatic rings. The number of para-hydroxylation sites is 1. The van der Waals surface area contributed by atoms with Crippen LogP contribution >= 0.6 is 11.8 Å². The van der Waals surface area contributed by atoms with Crippen LogP contribution in [0.4, 0.5) is 0 Å². The largest absolute Gasteiger partial charge is 0.436 e. The van der Waals surface area contributed by atoms with Gasteiger partial charge in [0.1, 0.15) is 5.75 Å². The smallest absolute Gasteiger partial charge is 0.238 e. The van der Waals surface area contributed by atoms with E-state index in [4.69, 9.17) is 4.74 Å². The van der Waals surface area contributed by atoms with E-state index in [2.05, 4.69) is 22.4 Å². The van der Waals surface area contributed by atoms with Crippen LogP contribution in [0.25, 0.3) is 0 Å². The van der Waals surface area contributed by atoms with Crippen molar-refractivity contribution in [3.63, 3.8) is 0 Å². The topological polar surface area (TPSA) is 47.0 Å². The number of benzene rings is 1. The molecule has 0 saturated heterocycles. The molecule has 0 atom stereocenters. The summed E-state index contributed by atoms with van der Waals surface area (Å²) in [4.78, 5) is 1.08. The molecule has 0 spiro atoms. The van der Waals surface area contributed by atoms with Crippen molar-refractivity contribution >= 4 is 11.8 Å². The zero-order valence-corrected chi connectivity index (χ0v) is 11.9. The zero-order valence-electron chi connectivity index (χ0n) is 11.1. The van der Waals surface area contributed by atoms with Gasteiger partial charge in [0.15, 0.2) is 0 Å². The number of rotatable bonds is 6. The predicted molar refractivity (Wildman–Crippen MR) is 77.7 cm³/mol. The van der Waals surface area contributed by atoms with Crippen LogP contribution in [0.3, 0.4) is 0 Å². The fourth-order valence-electron chi connectivity index (χ4n) is 1.57. The molecule has 0 aliphatic heterocycles. The predicted octanol–water partition coefficient (Wildman–Crippen LogP) is 3.10. The van der Waals surface area contributed by atoms with Gasteiger partial charge in [-0.2, -0.15) is 5.10 Å². The van der Waals surface area contributed by atoms with E-state index in [0.717, 1.165) is 29.4 Å². The van der Waals surface area contributed by atoms with Crippen molar-refractivity contribution in [3.8, 4) is 11.6 Å². The molecule has 100 valence electrons. The van der Waals surface area contributed by atoms with Crippen molar-refractivity contribution in [2.24, 2.45) is 0 Å². The lowest BCUT2D eigenvalue weighted by Crippen LogP contribution is -2.13. The molecule has 2 aromatic rings. The van der Waals surface area contributed by atoms with Crippen LogP contribution in [0.1, 0.15) is 12.6 Å². The molecular formula is C14H17N3OS. The number of nitrogens with one attached hydrogen (secondary N) is 1. The first-order valence-electron chi connectivity index (χ1n) is 6.17. The Morgan fingerprint density at radius 3 is 2.68 bits per heavy atom. The molecule has 0 unspecified atom stereocenters. The summed E-state index contributed by atoms with van der Waals surface area (Å²) < 4.78 is 5.74. The maximum atomic E-state index is 5.74. The molecule has 0 amide bonds. The van der Waals surface area contributed by atoms with Gasteiger partial charge in [0.25, 0.3) is 0 Å². The molecule has 2 rings (SSSR count). The van der Waals surface area contributed by atoms with Crippen LogP contribution in [-0.2, 0) is 6.54 Å². The fraction of sp³-hybridized carbons (Fsp3) is 0.286. The summed E-state index contributed by atoms with van der Waals surface area (Å²) in [5.41, 5.74) is 0.910. The minimum absolute atomic E-state index is 0.516. The Balaban J connectivity index is 2.06. The fourth-order valence-corrected chi connectivity index (χ4v) is 2.09.